The lowest BCUT2D eigenvalue weighted by molar-refractivity contribution is 0.403. The zero-order valence-corrected chi connectivity index (χ0v) is 11.9. The molecule has 0 unspecified atom stereocenters. The highest BCUT2D eigenvalue weighted by atomic mass is 32.2. The predicted octanol–water partition coefficient (Wildman–Crippen LogP) is 1.78. The van der Waals surface area contributed by atoms with Crippen LogP contribution in [-0.4, -0.2) is 20.5 Å². The van der Waals surface area contributed by atoms with E-state index in [0.29, 0.717) is 17.1 Å². The molecule has 0 bridgehead atoms. The molecule has 0 saturated heterocycles. The molecule has 0 radical (unpaired) electrons. The fourth-order valence-electron chi connectivity index (χ4n) is 1.70. The first-order valence-corrected chi connectivity index (χ1v) is 7.30. The topological polar surface area (TPSA) is 94.3 Å². The molecule has 6 nitrogen and oxygen atoms in total. The number of benzene rings is 1. The van der Waals surface area contributed by atoms with Gasteiger partial charge in [0.1, 0.15) is 10.6 Å². The van der Waals surface area contributed by atoms with E-state index in [1.54, 1.807) is 31.3 Å². The normalized spacial score (nSPS) is 11.1. The summed E-state index contributed by atoms with van der Waals surface area (Å²) in [6.45, 7) is 1.72. The fourth-order valence-corrected chi connectivity index (χ4v) is 3.02. The van der Waals surface area contributed by atoms with E-state index in [2.05, 4.69) is 9.71 Å². The molecule has 0 aliphatic rings. The summed E-state index contributed by atoms with van der Waals surface area (Å²) in [7, 11) is -2.39. The van der Waals surface area contributed by atoms with E-state index in [9.17, 15) is 8.42 Å². The maximum absolute atomic E-state index is 12.4. The minimum absolute atomic E-state index is 0.0109. The molecule has 2 rings (SSSR count). The molecule has 0 aliphatic carbocycles. The van der Waals surface area contributed by atoms with Crippen molar-refractivity contribution in [3.05, 3.63) is 42.2 Å². The molecule has 0 spiro atoms. The van der Waals surface area contributed by atoms with Crippen LogP contribution in [0.25, 0.3) is 0 Å². The van der Waals surface area contributed by atoms with Crippen LogP contribution in [0.2, 0.25) is 0 Å². The number of nitrogens with one attached hydrogen (secondary N) is 1. The van der Waals surface area contributed by atoms with Crippen molar-refractivity contribution in [3.63, 3.8) is 0 Å². The highest BCUT2D eigenvalue weighted by Crippen LogP contribution is 2.28. The number of sulfonamides is 1. The van der Waals surface area contributed by atoms with Crippen LogP contribution in [0.1, 0.15) is 5.69 Å². The summed E-state index contributed by atoms with van der Waals surface area (Å²) >= 11 is 0. The average molecular weight is 293 g/mol. The molecule has 106 valence electrons. The van der Waals surface area contributed by atoms with Crippen molar-refractivity contribution in [1.82, 2.24) is 4.98 Å². The molecule has 2 aromatic rings. The number of aryl methyl sites for hydroxylation is 1. The van der Waals surface area contributed by atoms with Gasteiger partial charge in [-0.2, -0.15) is 0 Å². The molecule has 0 saturated carbocycles. The Bertz CT molecular complexity index is 729. The maximum Gasteiger partial charge on any atom is 0.265 e. The van der Waals surface area contributed by atoms with Crippen LogP contribution in [0.5, 0.6) is 5.75 Å². The zero-order valence-electron chi connectivity index (χ0n) is 11.1. The van der Waals surface area contributed by atoms with Gasteiger partial charge in [-0.15, -0.1) is 0 Å². The molecule has 3 N–H and O–H groups in total. The van der Waals surface area contributed by atoms with Gasteiger partial charge in [-0.05, 0) is 37.3 Å². The van der Waals surface area contributed by atoms with Crippen LogP contribution in [0.4, 0.5) is 11.4 Å². The Labute approximate surface area is 117 Å². The molecule has 1 aromatic carbocycles. The van der Waals surface area contributed by atoms with Crippen LogP contribution in [-0.2, 0) is 10.0 Å². The zero-order chi connectivity index (χ0) is 14.8. The smallest absolute Gasteiger partial charge is 0.265 e. The van der Waals surface area contributed by atoms with Crippen molar-refractivity contribution in [2.24, 2.45) is 0 Å². The van der Waals surface area contributed by atoms with E-state index >= 15 is 0 Å². The summed E-state index contributed by atoms with van der Waals surface area (Å²) in [5.74, 6) is 0.230. The summed E-state index contributed by atoms with van der Waals surface area (Å²) in [6.07, 6.45) is 1.59. The number of aromatic nitrogens is 1. The van der Waals surface area contributed by atoms with Crippen LogP contribution < -0.4 is 15.2 Å². The van der Waals surface area contributed by atoms with Crippen molar-refractivity contribution in [1.29, 1.82) is 0 Å². The van der Waals surface area contributed by atoms with Gasteiger partial charge in [0.25, 0.3) is 10.0 Å². The number of hydrogen-bond acceptors (Lipinski definition) is 5. The van der Waals surface area contributed by atoms with E-state index in [0.717, 1.165) is 0 Å². The van der Waals surface area contributed by atoms with Gasteiger partial charge in [-0.1, -0.05) is 0 Å². The van der Waals surface area contributed by atoms with E-state index in [1.165, 1.54) is 19.2 Å². The minimum Gasteiger partial charge on any atom is -0.495 e. The number of nitrogen functional groups attached to an aromatic ring is 1. The molecular weight excluding hydrogens is 278 g/mol. The summed E-state index contributed by atoms with van der Waals surface area (Å²) in [5.41, 5.74) is 6.98. The highest BCUT2D eigenvalue weighted by Gasteiger charge is 2.20. The Hall–Kier alpha value is -2.28. The number of pyridine rings is 1. The van der Waals surface area contributed by atoms with Crippen LogP contribution >= 0.6 is 0 Å². The van der Waals surface area contributed by atoms with Gasteiger partial charge in [0.05, 0.1) is 18.5 Å². The van der Waals surface area contributed by atoms with E-state index in [1.807, 2.05) is 0 Å². The number of anilines is 2. The molecule has 7 heteroatoms. The number of hydrogen-bond donors (Lipinski definition) is 2. The Morgan fingerprint density at radius 1 is 1.30 bits per heavy atom. The summed E-state index contributed by atoms with van der Waals surface area (Å²) in [4.78, 5) is 4.02. The average Bonchev–Trinajstić information content (AvgIpc) is 2.41. The Kier molecular flexibility index (Phi) is 3.80. The maximum atomic E-state index is 12.4. The lowest BCUT2D eigenvalue weighted by Gasteiger charge is -2.13. The van der Waals surface area contributed by atoms with Crippen molar-refractivity contribution >= 4 is 21.4 Å². The van der Waals surface area contributed by atoms with Crippen molar-refractivity contribution in [2.75, 3.05) is 17.6 Å². The quantitative estimate of drug-likeness (QED) is 0.838. The number of methoxy groups -OCH3 is 1. The van der Waals surface area contributed by atoms with Gasteiger partial charge in [0.2, 0.25) is 0 Å². The lowest BCUT2D eigenvalue weighted by atomic mass is 10.3. The van der Waals surface area contributed by atoms with Crippen molar-refractivity contribution in [3.8, 4) is 5.75 Å². The molecule has 1 aromatic heterocycles. The van der Waals surface area contributed by atoms with E-state index in [-0.39, 0.29) is 10.6 Å². The molecule has 0 aliphatic heterocycles. The van der Waals surface area contributed by atoms with Gasteiger partial charge >= 0.3 is 0 Å². The van der Waals surface area contributed by atoms with Crippen molar-refractivity contribution in [2.45, 2.75) is 11.8 Å². The highest BCUT2D eigenvalue weighted by molar-refractivity contribution is 7.92. The van der Waals surface area contributed by atoms with Gasteiger partial charge < -0.3 is 10.5 Å². The standard InChI is InChI=1S/C13H15N3O3S/c1-9-11(4-3-7-15-9)16-20(17,18)13-8-10(14)5-6-12(13)19-2/h3-8,16H,14H2,1-2H3. The Balaban J connectivity index is 2.46. The lowest BCUT2D eigenvalue weighted by Crippen LogP contribution is -2.15. The SMILES string of the molecule is COc1ccc(N)cc1S(=O)(=O)Nc1cccnc1C. The molecule has 0 atom stereocenters. The number of nitrogens with zero attached hydrogens (tertiary/aromatic N) is 1. The second-order valence-corrected chi connectivity index (χ2v) is 5.80. The number of ether oxygens (including phenoxy) is 1. The van der Waals surface area contributed by atoms with E-state index < -0.39 is 10.0 Å². The van der Waals surface area contributed by atoms with Gasteiger partial charge in [0.15, 0.2) is 0 Å². The Morgan fingerprint density at radius 3 is 2.70 bits per heavy atom. The summed E-state index contributed by atoms with van der Waals surface area (Å²) in [6, 6.07) is 7.74. The van der Waals surface area contributed by atoms with Crippen LogP contribution in [0.3, 0.4) is 0 Å². The van der Waals surface area contributed by atoms with Gasteiger partial charge in [-0.3, -0.25) is 9.71 Å². The Morgan fingerprint density at radius 2 is 2.05 bits per heavy atom. The molecular formula is C13H15N3O3S. The van der Waals surface area contributed by atoms with Gasteiger partial charge in [0, 0.05) is 11.9 Å². The first kappa shape index (κ1) is 14.1. The molecule has 1 heterocycles. The number of rotatable bonds is 4. The van der Waals surface area contributed by atoms with Crippen LogP contribution in [0.15, 0.2) is 41.4 Å². The third-order valence-electron chi connectivity index (χ3n) is 2.73. The fraction of sp³-hybridized carbons (Fsp3) is 0.154. The summed E-state index contributed by atoms with van der Waals surface area (Å²) in [5, 5.41) is 0. The number of nitrogens with two attached hydrogens (primary N) is 1. The van der Waals surface area contributed by atoms with Crippen LogP contribution in [0, 0.1) is 6.92 Å². The first-order chi connectivity index (χ1) is 9.44. The third kappa shape index (κ3) is 2.83. The molecule has 0 amide bonds. The summed E-state index contributed by atoms with van der Waals surface area (Å²) < 4.78 is 32.4. The third-order valence-corrected chi connectivity index (χ3v) is 4.12. The largest absolute Gasteiger partial charge is 0.495 e. The van der Waals surface area contributed by atoms with Gasteiger partial charge in [-0.25, -0.2) is 8.42 Å². The second-order valence-electron chi connectivity index (χ2n) is 4.15. The van der Waals surface area contributed by atoms with Crippen molar-refractivity contribution < 1.29 is 13.2 Å². The molecule has 20 heavy (non-hydrogen) atoms. The first-order valence-electron chi connectivity index (χ1n) is 5.82. The molecule has 0 fully saturated rings. The monoisotopic (exact) mass is 293 g/mol. The van der Waals surface area contributed by atoms with E-state index in [4.69, 9.17) is 10.5 Å². The predicted molar refractivity (Wildman–Crippen MR) is 77.2 cm³/mol. The minimum atomic E-state index is -3.80. The second kappa shape index (κ2) is 5.38.